The van der Waals surface area contributed by atoms with Crippen molar-refractivity contribution < 1.29 is 9.53 Å². The molecule has 0 bridgehead atoms. The predicted molar refractivity (Wildman–Crippen MR) is 82.2 cm³/mol. The second kappa shape index (κ2) is 7.20. The largest absolute Gasteiger partial charge is 0.465 e. The molecule has 20 heavy (non-hydrogen) atoms. The SMILES string of the molecule is CCOC(=O)C(c1cc(C)sc1C)N1CCCNCC1. The standard InChI is InChI=1S/C15H24N2O2S/c1-4-19-15(18)14(13-10-11(2)20-12(13)3)17-8-5-6-16-7-9-17/h10,14,16H,4-9H2,1-3H3. The molecular weight excluding hydrogens is 272 g/mol. The van der Waals surface area contributed by atoms with Gasteiger partial charge in [-0.25, -0.2) is 4.79 Å². The van der Waals surface area contributed by atoms with Crippen molar-refractivity contribution in [1.29, 1.82) is 0 Å². The van der Waals surface area contributed by atoms with Crippen LogP contribution in [0.3, 0.4) is 0 Å². The van der Waals surface area contributed by atoms with Gasteiger partial charge in [-0.3, -0.25) is 4.90 Å². The first kappa shape index (κ1) is 15.5. The molecule has 2 rings (SSSR count). The van der Waals surface area contributed by atoms with E-state index in [1.165, 1.54) is 9.75 Å². The molecule has 0 radical (unpaired) electrons. The molecule has 1 aliphatic rings. The first-order valence-electron chi connectivity index (χ1n) is 7.31. The summed E-state index contributed by atoms with van der Waals surface area (Å²) in [5.41, 5.74) is 1.12. The van der Waals surface area contributed by atoms with Crippen LogP contribution in [-0.4, -0.2) is 43.7 Å². The number of carbonyl (C=O) groups is 1. The number of rotatable bonds is 4. The van der Waals surface area contributed by atoms with Gasteiger partial charge in [0.15, 0.2) is 0 Å². The molecule has 1 aliphatic heterocycles. The Hall–Kier alpha value is -0.910. The summed E-state index contributed by atoms with van der Waals surface area (Å²) in [7, 11) is 0. The van der Waals surface area contributed by atoms with Crippen LogP contribution in [-0.2, 0) is 9.53 Å². The Bertz CT molecular complexity index is 451. The predicted octanol–water partition coefficient (Wildman–Crippen LogP) is 2.26. The number of ether oxygens (including phenoxy) is 1. The number of hydrogen-bond acceptors (Lipinski definition) is 5. The highest BCUT2D eigenvalue weighted by Crippen LogP contribution is 2.31. The molecular formula is C15H24N2O2S. The maximum atomic E-state index is 12.4. The zero-order chi connectivity index (χ0) is 14.5. The van der Waals surface area contributed by atoms with Crippen LogP contribution < -0.4 is 5.32 Å². The van der Waals surface area contributed by atoms with Crippen molar-refractivity contribution in [2.75, 3.05) is 32.8 Å². The molecule has 112 valence electrons. The Kier molecular flexibility index (Phi) is 5.57. The molecule has 1 aromatic heterocycles. The summed E-state index contributed by atoms with van der Waals surface area (Å²) in [5, 5.41) is 3.38. The zero-order valence-electron chi connectivity index (χ0n) is 12.6. The van der Waals surface area contributed by atoms with Crippen LogP contribution in [0.1, 0.15) is 34.7 Å². The molecule has 1 saturated heterocycles. The second-order valence-electron chi connectivity index (χ2n) is 5.16. The van der Waals surface area contributed by atoms with Crippen molar-refractivity contribution in [3.8, 4) is 0 Å². The van der Waals surface area contributed by atoms with E-state index in [0.717, 1.165) is 38.2 Å². The van der Waals surface area contributed by atoms with E-state index in [2.05, 4.69) is 30.1 Å². The minimum Gasteiger partial charge on any atom is -0.465 e. The van der Waals surface area contributed by atoms with Crippen molar-refractivity contribution in [3.05, 3.63) is 21.4 Å². The average Bonchev–Trinajstić information content (AvgIpc) is 2.62. The number of esters is 1. The quantitative estimate of drug-likeness (QED) is 0.866. The first-order valence-corrected chi connectivity index (χ1v) is 8.13. The second-order valence-corrected chi connectivity index (χ2v) is 6.62. The van der Waals surface area contributed by atoms with Gasteiger partial charge in [0.25, 0.3) is 0 Å². The number of aryl methyl sites for hydroxylation is 2. The fraction of sp³-hybridized carbons (Fsp3) is 0.667. The van der Waals surface area contributed by atoms with E-state index in [0.29, 0.717) is 6.61 Å². The third kappa shape index (κ3) is 3.59. The Morgan fingerprint density at radius 3 is 2.90 bits per heavy atom. The van der Waals surface area contributed by atoms with Crippen molar-refractivity contribution >= 4 is 17.3 Å². The molecule has 0 aromatic carbocycles. The number of nitrogens with zero attached hydrogens (tertiary/aromatic N) is 1. The van der Waals surface area contributed by atoms with Crippen LogP contribution in [0.15, 0.2) is 6.07 Å². The van der Waals surface area contributed by atoms with E-state index in [4.69, 9.17) is 4.74 Å². The van der Waals surface area contributed by atoms with Crippen molar-refractivity contribution in [2.24, 2.45) is 0 Å². The third-order valence-corrected chi connectivity index (χ3v) is 4.61. The van der Waals surface area contributed by atoms with Crippen molar-refractivity contribution in [3.63, 3.8) is 0 Å². The highest BCUT2D eigenvalue weighted by Gasteiger charge is 2.31. The summed E-state index contributed by atoms with van der Waals surface area (Å²) >= 11 is 1.75. The van der Waals surface area contributed by atoms with E-state index < -0.39 is 0 Å². The summed E-state index contributed by atoms with van der Waals surface area (Å²) in [4.78, 5) is 17.2. The molecule has 1 N–H and O–H groups in total. The molecule has 1 aromatic rings. The number of carbonyl (C=O) groups excluding carboxylic acids is 1. The highest BCUT2D eigenvalue weighted by atomic mass is 32.1. The molecule has 0 aliphatic carbocycles. The number of thiophene rings is 1. The van der Waals surface area contributed by atoms with Gasteiger partial charge >= 0.3 is 5.97 Å². The maximum Gasteiger partial charge on any atom is 0.328 e. The molecule has 1 atom stereocenters. The van der Waals surface area contributed by atoms with Crippen molar-refractivity contribution in [1.82, 2.24) is 10.2 Å². The molecule has 5 heteroatoms. The average molecular weight is 296 g/mol. The van der Waals surface area contributed by atoms with E-state index in [9.17, 15) is 4.79 Å². The summed E-state index contributed by atoms with van der Waals surface area (Å²) in [6, 6.07) is 1.89. The molecule has 0 spiro atoms. The minimum atomic E-state index is -0.250. The fourth-order valence-corrected chi connectivity index (χ4v) is 3.70. The first-order chi connectivity index (χ1) is 9.63. The maximum absolute atomic E-state index is 12.4. The Morgan fingerprint density at radius 1 is 1.45 bits per heavy atom. The molecule has 0 saturated carbocycles. The van der Waals surface area contributed by atoms with Crippen LogP contribution in [0, 0.1) is 13.8 Å². The lowest BCUT2D eigenvalue weighted by Gasteiger charge is -2.28. The van der Waals surface area contributed by atoms with E-state index in [-0.39, 0.29) is 12.0 Å². The zero-order valence-corrected chi connectivity index (χ0v) is 13.4. The van der Waals surface area contributed by atoms with E-state index in [1.54, 1.807) is 11.3 Å². The van der Waals surface area contributed by atoms with Gasteiger partial charge in [-0.05, 0) is 45.4 Å². The Labute approximate surface area is 125 Å². The van der Waals surface area contributed by atoms with Crippen LogP contribution >= 0.6 is 11.3 Å². The lowest BCUT2D eigenvalue weighted by atomic mass is 10.1. The highest BCUT2D eigenvalue weighted by molar-refractivity contribution is 7.12. The smallest absolute Gasteiger partial charge is 0.328 e. The summed E-state index contributed by atoms with van der Waals surface area (Å²) in [5.74, 6) is -0.115. The third-order valence-electron chi connectivity index (χ3n) is 3.62. The Morgan fingerprint density at radius 2 is 2.25 bits per heavy atom. The topological polar surface area (TPSA) is 41.6 Å². The minimum absolute atomic E-state index is 0.115. The van der Waals surface area contributed by atoms with Gasteiger partial charge < -0.3 is 10.1 Å². The monoisotopic (exact) mass is 296 g/mol. The normalized spacial score (nSPS) is 18.6. The van der Waals surface area contributed by atoms with Gasteiger partial charge in [0.2, 0.25) is 0 Å². The van der Waals surface area contributed by atoms with Crippen LogP contribution in [0.4, 0.5) is 0 Å². The van der Waals surface area contributed by atoms with E-state index >= 15 is 0 Å². The summed E-state index contributed by atoms with van der Waals surface area (Å²) < 4.78 is 5.32. The van der Waals surface area contributed by atoms with Gasteiger partial charge in [-0.1, -0.05) is 0 Å². The molecule has 2 heterocycles. The lowest BCUT2D eigenvalue weighted by molar-refractivity contribution is -0.149. The summed E-state index contributed by atoms with van der Waals surface area (Å²) in [6.07, 6.45) is 1.07. The van der Waals surface area contributed by atoms with Crippen LogP contribution in [0.25, 0.3) is 0 Å². The summed E-state index contributed by atoms with van der Waals surface area (Å²) in [6.45, 7) is 10.3. The fourth-order valence-electron chi connectivity index (χ4n) is 2.74. The number of hydrogen-bond donors (Lipinski definition) is 1. The van der Waals surface area contributed by atoms with Gasteiger partial charge in [-0.15, -0.1) is 11.3 Å². The molecule has 1 unspecified atom stereocenters. The van der Waals surface area contributed by atoms with Gasteiger partial charge in [0.1, 0.15) is 6.04 Å². The van der Waals surface area contributed by atoms with Gasteiger partial charge in [-0.2, -0.15) is 0 Å². The van der Waals surface area contributed by atoms with E-state index in [1.807, 2.05) is 6.92 Å². The lowest BCUT2D eigenvalue weighted by Crippen LogP contribution is -2.37. The Balaban J connectivity index is 2.28. The molecule has 1 fully saturated rings. The number of nitrogens with one attached hydrogen (secondary N) is 1. The molecule has 4 nitrogen and oxygen atoms in total. The van der Waals surface area contributed by atoms with Crippen LogP contribution in [0.5, 0.6) is 0 Å². The van der Waals surface area contributed by atoms with Crippen molar-refractivity contribution in [2.45, 2.75) is 33.2 Å². The van der Waals surface area contributed by atoms with Gasteiger partial charge in [0.05, 0.1) is 6.61 Å². The van der Waals surface area contributed by atoms with Crippen LogP contribution in [0.2, 0.25) is 0 Å². The molecule has 0 amide bonds. The van der Waals surface area contributed by atoms with Gasteiger partial charge in [0, 0.05) is 29.4 Å².